The Morgan fingerprint density at radius 1 is 1.16 bits per heavy atom. The van der Waals surface area contributed by atoms with Gasteiger partial charge in [-0.1, -0.05) is 12.1 Å². The number of carbonyl (C=O) groups excluding carboxylic acids is 1. The molecule has 2 amide bonds. The van der Waals surface area contributed by atoms with Crippen LogP contribution in [0.5, 0.6) is 0 Å². The molecule has 1 N–H and O–H groups in total. The zero-order chi connectivity index (χ0) is 13.2. The van der Waals surface area contributed by atoms with Gasteiger partial charge in [0.05, 0.1) is 5.69 Å². The molecule has 3 rings (SSSR count). The van der Waals surface area contributed by atoms with Crippen molar-refractivity contribution in [2.45, 2.75) is 18.9 Å². The number of rotatable bonds is 2. The molecule has 4 nitrogen and oxygen atoms in total. The largest absolute Gasteiger partial charge is 0.324 e. The maximum atomic E-state index is 13.8. The van der Waals surface area contributed by atoms with Gasteiger partial charge in [-0.05, 0) is 38.1 Å². The van der Waals surface area contributed by atoms with Crippen LogP contribution in [-0.4, -0.2) is 43.2 Å². The van der Waals surface area contributed by atoms with E-state index >= 15 is 0 Å². The zero-order valence-corrected chi connectivity index (χ0v) is 10.8. The van der Waals surface area contributed by atoms with Crippen molar-refractivity contribution in [2.75, 3.05) is 31.1 Å². The fraction of sp³-hybridized carbons (Fsp3) is 0.500. The Kier molecular flexibility index (Phi) is 3.38. The van der Waals surface area contributed by atoms with E-state index in [-0.39, 0.29) is 11.8 Å². The number of hydrogen-bond donors (Lipinski definition) is 1. The first-order valence-electron chi connectivity index (χ1n) is 6.81. The van der Waals surface area contributed by atoms with Gasteiger partial charge in [0.1, 0.15) is 5.82 Å². The van der Waals surface area contributed by atoms with Gasteiger partial charge in [-0.3, -0.25) is 4.90 Å². The molecule has 0 radical (unpaired) electrons. The van der Waals surface area contributed by atoms with Crippen molar-refractivity contribution in [2.24, 2.45) is 0 Å². The summed E-state index contributed by atoms with van der Waals surface area (Å²) in [5, 5.41) is 3.29. The molecule has 2 aliphatic rings. The second kappa shape index (κ2) is 5.17. The van der Waals surface area contributed by atoms with Crippen molar-refractivity contribution in [1.82, 2.24) is 10.2 Å². The summed E-state index contributed by atoms with van der Waals surface area (Å²) in [6, 6.07) is 6.71. The van der Waals surface area contributed by atoms with Gasteiger partial charge in [-0.15, -0.1) is 0 Å². The number of anilines is 1. The Morgan fingerprint density at radius 3 is 2.63 bits per heavy atom. The third-order valence-corrected chi connectivity index (χ3v) is 3.93. The Labute approximate surface area is 112 Å². The van der Waals surface area contributed by atoms with Gasteiger partial charge >= 0.3 is 6.03 Å². The summed E-state index contributed by atoms with van der Waals surface area (Å²) in [6.45, 7) is 3.17. The lowest BCUT2D eigenvalue weighted by Crippen LogP contribution is -2.45. The molecule has 0 aliphatic carbocycles. The fourth-order valence-corrected chi connectivity index (χ4v) is 2.91. The van der Waals surface area contributed by atoms with Gasteiger partial charge in [0.2, 0.25) is 0 Å². The molecule has 0 atom stereocenters. The first-order chi connectivity index (χ1) is 9.27. The van der Waals surface area contributed by atoms with Crippen molar-refractivity contribution < 1.29 is 9.18 Å². The number of halogens is 1. The van der Waals surface area contributed by atoms with Crippen LogP contribution >= 0.6 is 0 Å². The molecule has 0 unspecified atom stereocenters. The summed E-state index contributed by atoms with van der Waals surface area (Å²) in [5.41, 5.74) is 0.393. The van der Waals surface area contributed by atoms with Crippen molar-refractivity contribution in [1.29, 1.82) is 0 Å². The van der Waals surface area contributed by atoms with E-state index in [9.17, 15) is 9.18 Å². The molecule has 0 aromatic heterocycles. The lowest BCUT2D eigenvalue weighted by atomic mass is 10.1. The quantitative estimate of drug-likeness (QED) is 0.883. The van der Waals surface area contributed by atoms with Crippen molar-refractivity contribution in [3.63, 3.8) is 0 Å². The minimum atomic E-state index is -0.331. The maximum absolute atomic E-state index is 13.8. The molecule has 0 spiro atoms. The number of hydrogen-bond acceptors (Lipinski definition) is 2. The highest BCUT2D eigenvalue weighted by Gasteiger charge is 2.35. The molecule has 19 heavy (non-hydrogen) atoms. The number of carbonyl (C=O) groups is 1. The minimum Gasteiger partial charge on any atom is -0.319 e. The van der Waals surface area contributed by atoms with Crippen LogP contribution in [0, 0.1) is 5.82 Å². The van der Waals surface area contributed by atoms with Gasteiger partial charge in [0, 0.05) is 19.1 Å². The second-order valence-corrected chi connectivity index (χ2v) is 5.06. The Balaban J connectivity index is 1.76. The highest BCUT2D eigenvalue weighted by Crippen LogP contribution is 2.26. The van der Waals surface area contributed by atoms with E-state index in [2.05, 4.69) is 5.32 Å². The van der Waals surface area contributed by atoms with E-state index in [0.29, 0.717) is 24.8 Å². The average Bonchev–Trinajstić information content (AvgIpc) is 2.82. The molecule has 102 valence electrons. The van der Waals surface area contributed by atoms with E-state index in [4.69, 9.17) is 0 Å². The summed E-state index contributed by atoms with van der Waals surface area (Å²) in [6.07, 6.45) is 1.97. The smallest absolute Gasteiger partial charge is 0.319 e. The molecule has 2 saturated heterocycles. The predicted octanol–water partition coefficient (Wildman–Crippen LogP) is 1.82. The SMILES string of the molecule is O=C1N(c2ccccc2F)CCN1C1CCNCC1. The third-order valence-electron chi connectivity index (χ3n) is 3.93. The van der Waals surface area contributed by atoms with Crippen LogP contribution in [0.4, 0.5) is 14.9 Å². The third kappa shape index (κ3) is 2.30. The second-order valence-electron chi connectivity index (χ2n) is 5.06. The van der Waals surface area contributed by atoms with Gasteiger partial charge in [-0.25, -0.2) is 9.18 Å². The monoisotopic (exact) mass is 263 g/mol. The minimum absolute atomic E-state index is 0.0583. The van der Waals surface area contributed by atoms with Crippen LogP contribution in [0.1, 0.15) is 12.8 Å². The molecule has 2 aliphatic heterocycles. The van der Waals surface area contributed by atoms with E-state index in [1.165, 1.54) is 6.07 Å². The maximum Gasteiger partial charge on any atom is 0.324 e. The summed E-state index contributed by atoms with van der Waals surface area (Å²) < 4.78 is 13.8. The van der Waals surface area contributed by atoms with Gasteiger partial charge in [-0.2, -0.15) is 0 Å². The van der Waals surface area contributed by atoms with Gasteiger partial charge in [0.25, 0.3) is 0 Å². The molecule has 0 saturated carbocycles. The Hall–Kier alpha value is -1.62. The van der Waals surface area contributed by atoms with Crippen LogP contribution < -0.4 is 10.2 Å². The van der Waals surface area contributed by atoms with E-state index < -0.39 is 0 Å². The van der Waals surface area contributed by atoms with Crippen LogP contribution in [0.15, 0.2) is 24.3 Å². The fourth-order valence-electron chi connectivity index (χ4n) is 2.91. The molecule has 1 aromatic carbocycles. The predicted molar refractivity (Wildman–Crippen MR) is 71.7 cm³/mol. The topological polar surface area (TPSA) is 35.6 Å². The normalized spacial score (nSPS) is 21.2. The molecule has 5 heteroatoms. The number of amides is 2. The number of urea groups is 1. The number of para-hydroxylation sites is 1. The average molecular weight is 263 g/mol. The Bertz CT molecular complexity index is 474. The number of benzene rings is 1. The Morgan fingerprint density at radius 2 is 1.89 bits per heavy atom. The molecular weight excluding hydrogens is 245 g/mol. The number of piperidine rings is 1. The van der Waals surface area contributed by atoms with E-state index in [1.807, 2.05) is 4.90 Å². The highest BCUT2D eigenvalue weighted by atomic mass is 19.1. The van der Waals surface area contributed by atoms with Crippen LogP contribution in [0.2, 0.25) is 0 Å². The summed E-state index contributed by atoms with van der Waals surface area (Å²) in [4.78, 5) is 15.9. The number of nitrogens with zero attached hydrogens (tertiary/aromatic N) is 2. The van der Waals surface area contributed by atoms with Crippen molar-refractivity contribution in [3.05, 3.63) is 30.1 Å². The summed E-state index contributed by atoms with van der Waals surface area (Å²) in [5.74, 6) is -0.331. The van der Waals surface area contributed by atoms with Crippen LogP contribution in [0.25, 0.3) is 0 Å². The van der Waals surface area contributed by atoms with E-state index in [1.54, 1.807) is 23.1 Å². The van der Waals surface area contributed by atoms with Crippen LogP contribution in [-0.2, 0) is 0 Å². The van der Waals surface area contributed by atoms with Crippen molar-refractivity contribution >= 4 is 11.7 Å². The highest BCUT2D eigenvalue weighted by molar-refractivity contribution is 5.94. The lowest BCUT2D eigenvalue weighted by molar-refractivity contribution is 0.185. The molecule has 0 bridgehead atoms. The van der Waals surface area contributed by atoms with Gasteiger partial charge in [0.15, 0.2) is 0 Å². The summed E-state index contributed by atoms with van der Waals surface area (Å²) >= 11 is 0. The first-order valence-corrected chi connectivity index (χ1v) is 6.81. The summed E-state index contributed by atoms with van der Waals surface area (Å²) in [7, 11) is 0. The molecular formula is C14H18FN3O. The number of nitrogens with one attached hydrogen (secondary N) is 1. The van der Waals surface area contributed by atoms with Crippen LogP contribution in [0.3, 0.4) is 0 Å². The zero-order valence-electron chi connectivity index (χ0n) is 10.8. The van der Waals surface area contributed by atoms with Crippen molar-refractivity contribution in [3.8, 4) is 0 Å². The molecule has 2 heterocycles. The molecule has 1 aromatic rings. The lowest BCUT2D eigenvalue weighted by Gasteiger charge is -2.31. The van der Waals surface area contributed by atoms with Gasteiger partial charge < -0.3 is 10.2 Å². The first kappa shape index (κ1) is 12.4. The standard InChI is InChI=1S/C14H18FN3O/c15-12-3-1-2-4-13(12)18-10-9-17(14(18)19)11-5-7-16-8-6-11/h1-4,11,16H,5-10H2. The van der Waals surface area contributed by atoms with E-state index in [0.717, 1.165) is 25.9 Å². The molecule has 2 fully saturated rings.